The van der Waals surface area contributed by atoms with E-state index in [2.05, 4.69) is 14.9 Å². The number of nitro benzene ring substituents is 1. The Balaban J connectivity index is 1.71. The molecule has 4 rings (SSSR count). The van der Waals surface area contributed by atoms with Gasteiger partial charge in [-0.1, -0.05) is 0 Å². The quantitative estimate of drug-likeness (QED) is 0.692. The van der Waals surface area contributed by atoms with Gasteiger partial charge in [-0.05, 0) is 43.4 Å². The van der Waals surface area contributed by atoms with E-state index in [1.54, 1.807) is 6.07 Å². The lowest BCUT2D eigenvalue weighted by molar-refractivity contribution is -0.384. The molecule has 2 aliphatic rings. The Morgan fingerprint density at radius 2 is 2.19 bits per heavy atom. The van der Waals surface area contributed by atoms with E-state index < -0.39 is 0 Å². The van der Waals surface area contributed by atoms with E-state index in [9.17, 15) is 10.1 Å². The molecule has 1 fully saturated rings. The van der Waals surface area contributed by atoms with Gasteiger partial charge in [0.25, 0.3) is 5.69 Å². The normalized spacial score (nSPS) is 20.3. The molecular weight excluding hydrogens is 268 g/mol. The zero-order chi connectivity index (χ0) is 14.4. The summed E-state index contributed by atoms with van der Waals surface area (Å²) in [6, 6.07) is 6.07. The summed E-state index contributed by atoms with van der Waals surface area (Å²) in [5.74, 6) is 0. The summed E-state index contributed by atoms with van der Waals surface area (Å²) >= 11 is 0. The molecule has 2 aromatic rings. The highest BCUT2D eigenvalue weighted by Gasteiger charge is 2.28. The van der Waals surface area contributed by atoms with Gasteiger partial charge < -0.3 is 9.88 Å². The van der Waals surface area contributed by atoms with Crippen molar-refractivity contribution in [3.63, 3.8) is 0 Å². The summed E-state index contributed by atoms with van der Waals surface area (Å²) in [7, 11) is 0. The summed E-state index contributed by atoms with van der Waals surface area (Å²) in [6.07, 6.45) is 7.97. The number of aromatic nitrogens is 2. The predicted octanol–water partition coefficient (Wildman–Crippen LogP) is 2.90. The van der Waals surface area contributed by atoms with Gasteiger partial charge in [-0.2, -0.15) is 0 Å². The van der Waals surface area contributed by atoms with Crippen LogP contribution in [0.25, 0.3) is 0 Å². The molecule has 1 N–H and O–H groups in total. The monoisotopic (exact) mass is 284 g/mol. The minimum Gasteiger partial charge on any atom is -0.377 e. The van der Waals surface area contributed by atoms with Gasteiger partial charge >= 0.3 is 0 Å². The SMILES string of the molecule is O=[N+]([O-])c1ccc(C2CCc3cncn32)cc1NC1CC1. The fourth-order valence-corrected chi connectivity index (χ4v) is 3.04. The molecule has 1 unspecified atom stereocenters. The summed E-state index contributed by atoms with van der Waals surface area (Å²) < 4.78 is 2.17. The smallest absolute Gasteiger partial charge is 0.292 e. The van der Waals surface area contributed by atoms with Crippen LogP contribution in [0, 0.1) is 10.1 Å². The van der Waals surface area contributed by atoms with Crippen molar-refractivity contribution >= 4 is 11.4 Å². The highest BCUT2D eigenvalue weighted by Crippen LogP contribution is 2.37. The molecule has 1 aromatic heterocycles. The number of anilines is 1. The van der Waals surface area contributed by atoms with Crippen LogP contribution in [0.1, 0.15) is 36.6 Å². The second-order valence-electron chi connectivity index (χ2n) is 5.80. The second-order valence-corrected chi connectivity index (χ2v) is 5.80. The molecule has 1 aliphatic heterocycles. The average molecular weight is 284 g/mol. The van der Waals surface area contributed by atoms with Crippen molar-refractivity contribution in [2.45, 2.75) is 37.8 Å². The number of nitrogens with one attached hydrogen (secondary N) is 1. The number of fused-ring (bicyclic) bond motifs is 1. The van der Waals surface area contributed by atoms with Gasteiger partial charge in [-0.3, -0.25) is 10.1 Å². The van der Waals surface area contributed by atoms with Crippen LogP contribution in [0.5, 0.6) is 0 Å². The molecule has 1 atom stereocenters. The van der Waals surface area contributed by atoms with Crippen molar-refractivity contribution in [1.82, 2.24) is 9.55 Å². The van der Waals surface area contributed by atoms with Crippen molar-refractivity contribution < 1.29 is 4.92 Å². The maximum atomic E-state index is 11.2. The van der Waals surface area contributed by atoms with Gasteiger partial charge in [0.2, 0.25) is 0 Å². The lowest BCUT2D eigenvalue weighted by atomic mass is 10.0. The first-order chi connectivity index (χ1) is 10.2. The third kappa shape index (κ3) is 2.16. The highest BCUT2D eigenvalue weighted by molar-refractivity contribution is 5.64. The van der Waals surface area contributed by atoms with Crippen LogP contribution in [-0.4, -0.2) is 20.5 Å². The van der Waals surface area contributed by atoms with Crippen LogP contribution in [0.2, 0.25) is 0 Å². The number of hydrogen-bond donors (Lipinski definition) is 1. The summed E-state index contributed by atoms with van der Waals surface area (Å²) in [5.41, 5.74) is 3.15. The van der Waals surface area contributed by atoms with E-state index in [-0.39, 0.29) is 16.7 Å². The largest absolute Gasteiger partial charge is 0.377 e. The first-order valence-corrected chi connectivity index (χ1v) is 7.28. The topological polar surface area (TPSA) is 73.0 Å². The number of hydrogen-bond acceptors (Lipinski definition) is 4. The molecule has 1 aromatic carbocycles. The summed E-state index contributed by atoms with van der Waals surface area (Å²) in [4.78, 5) is 15.0. The Morgan fingerprint density at radius 1 is 1.33 bits per heavy atom. The molecule has 2 heterocycles. The third-order valence-electron chi connectivity index (χ3n) is 4.30. The molecule has 1 saturated carbocycles. The predicted molar refractivity (Wildman–Crippen MR) is 78.4 cm³/mol. The van der Waals surface area contributed by atoms with Gasteiger partial charge in [-0.25, -0.2) is 4.98 Å². The van der Waals surface area contributed by atoms with E-state index in [0.29, 0.717) is 11.7 Å². The van der Waals surface area contributed by atoms with Crippen LogP contribution in [-0.2, 0) is 6.42 Å². The maximum Gasteiger partial charge on any atom is 0.292 e. The van der Waals surface area contributed by atoms with E-state index in [4.69, 9.17) is 0 Å². The fraction of sp³-hybridized carbons (Fsp3) is 0.400. The number of nitro groups is 1. The Morgan fingerprint density at radius 3 is 2.95 bits per heavy atom. The fourth-order valence-electron chi connectivity index (χ4n) is 3.04. The number of benzene rings is 1. The summed E-state index contributed by atoms with van der Waals surface area (Å²) in [6.45, 7) is 0. The Hall–Kier alpha value is -2.37. The van der Waals surface area contributed by atoms with Crippen molar-refractivity contribution in [2.75, 3.05) is 5.32 Å². The van der Waals surface area contributed by atoms with Crippen LogP contribution in [0.4, 0.5) is 11.4 Å². The second kappa shape index (κ2) is 4.58. The lowest BCUT2D eigenvalue weighted by Gasteiger charge is -2.15. The molecule has 0 spiro atoms. The zero-order valence-corrected chi connectivity index (χ0v) is 11.5. The van der Waals surface area contributed by atoms with Crippen molar-refractivity contribution in [3.05, 3.63) is 52.1 Å². The molecule has 6 heteroatoms. The average Bonchev–Trinajstić information content (AvgIpc) is 3.00. The Bertz CT molecular complexity index is 705. The van der Waals surface area contributed by atoms with E-state index in [1.165, 1.54) is 5.69 Å². The van der Waals surface area contributed by atoms with Crippen molar-refractivity contribution in [1.29, 1.82) is 0 Å². The van der Waals surface area contributed by atoms with Gasteiger partial charge in [0.1, 0.15) is 5.69 Å². The van der Waals surface area contributed by atoms with Gasteiger partial charge in [0, 0.05) is 24.0 Å². The Kier molecular flexibility index (Phi) is 2.70. The molecule has 1 aliphatic carbocycles. The van der Waals surface area contributed by atoms with Crippen molar-refractivity contribution in [2.24, 2.45) is 0 Å². The first kappa shape index (κ1) is 12.4. The van der Waals surface area contributed by atoms with E-state index in [1.807, 2.05) is 24.7 Å². The standard InChI is InChI=1S/C15H16N4O2/c20-19(21)15-5-1-10(7-13(15)17-11-2-3-11)14-6-4-12-8-16-9-18(12)14/h1,5,7-9,11,14,17H,2-4,6H2. The molecule has 6 nitrogen and oxygen atoms in total. The molecule has 0 bridgehead atoms. The number of imidazole rings is 1. The molecule has 0 saturated heterocycles. The number of aryl methyl sites for hydroxylation is 1. The summed E-state index contributed by atoms with van der Waals surface area (Å²) in [5, 5.41) is 14.4. The van der Waals surface area contributed by atoms with E-state index >= 15 is 0 Å². The Labute approximate surface area is 122 Å². The maximum absolute atomic E-state index is 11.2. The first-order valence-electron chi connectivity index (χ1n) is 7.28. The van der Waals surface area contributed by atoms with Gasteiger partial charge in [-0.15, -0.1) is 0 Å². The molecule has 21 heavy (non-hydrogen) atoms. The number of nitrogens with zero attached hydrogens (tertiary/aromatic N) is 3. The molecular formula is C15H16N4O2. The zero-order valence-electron chi connectivity index (χ0n) is 11.5. The molecule has 108 valence electrons. The van der Waals surface area contributed by atoms with Gasteiger partial charge in [0.15, 0.2) is 0 Å². The highest BCUT2D eigenvalue weighted by atomic mass is 16.6. The number of rotatable bonds is 4. The minimum atomic E-state index is -0.314. The minimum absolute atomic E-state index is 0.162. The van der Waals surface area contributed by atoms with Crippen LogP contribution >= 0.6 is 0 Å². The van der Waals surface area contributed by atoms with Gasteiger partial charge in [0.05, 0.1) is 17.3 Å². The van der Waals surface area contributed by atoms with Crippen LogP contribution in [0.15, 0.2) is 30.7 Å². The van der Waals surface area contributed by atoms with Crippen LogP contribution < -0.4 is 5.32 Å². The van der Waals surface area contributed by atoms with Crippen LogP contribution in [0.3, 0.4) is 0 Å². The van der Waals surface area contributed by atoms with Crippen molar-refractivity contribution in [3.8, 4) is 0 Å². The lowest BCUT2D eigenvalue weighted by Crippen LogP contribution is -2.08. The molecule has 0 amide bonds. The van der Waals surface area contributed by atoms with E-state index in [0.717, 1.165) is 31.2 Å². The molecule has 0 radical (unpaired) electrons. The third-order valence-corrected chi connectivity index (χ3v) is 4.30.